The van der Waals surface area contributed by atoms with Crippen LogP contribution < -0.4 is 4.74 Å². The van der Waals surface area contributed by atoms with E-state index in [1.54, 1.807) is 18.9 Å². The van der Waals surface area contributed by atoms with Gasteiger partial charge in [0.2, 0.25) is 0 Å². The molecule has 0 aromatic heterocycles. The van der Waals surface area contributed by atoms with E-state index in [0.717, 1.165) is 16.9 Å². The molecular formula is C18H18ClNO3S. The molecule has 1 N–H and O–H groups in total. The molecule has 0 saturated carbocycles. The number of hydrogen-bond donors (Lipinski definition) is 1. The van der Waals surface area contributed by atoms with Gasteiger partial charge in [0.25, 0.3) is 0 Å². The highest BCUT2D eigenvalue weighted by molar-refractivity contribution is 7.99. The fourth-order valence-corrected chi connectivity index (χ4v) is 4.52. The molecule has 4 nitrogen and oxygen atoms in total. The van der Waals surface area contributed by atoms with Crippen LogP contribution in [0, 0.1) is 0 Å². The first-order valence-corrected chi connectivity index (χ1v) is 8.99. The molecule has 3 rings (SSSR count). The van der Waals surface area contributed by atoms with Crippen molar-refractivity contribution in [3.63, 3.8) is 0 Å². The van der Waals surface area contributed by atoms with Gasteiger partial charge in [-0.2, -0.15) is 0 Å². The molecule has 0 spiro atoms. The molecule has 2 aromatic rings. The van der Waals surface area contributed by atoms with Crippen molar-refractivity contribution in [2.75, 3.05) is 12.9 Å². The van der Waals surface area contributed by atoms with E-state index in [-0.39, 0.29) is 5.37 Å². The Kier molecular flexibility index (Phi) is 5.33. The van der Waals surface area contributed by atoms with Gasteiger partial charge in [-0.05, 0) is 35.4 Å². The van der Waals surface area contributed by atoms with Crippen LogP contribution in [0.15, 0.2) is 48.5 Å². The molecule has 1 heterocycles. The number of thioether (sulfide) groups is 1. The topological polar surface area (TPSA) is 49.8 Å². The number of aliphatic carboxylic acids is 1. The van der Waals surface area contributed by atoms with Crippen molar-refractivity contribution in [1.82, 2.24) is 4.90 Å². The lowest BCUT2D eigenvalue weighted by atomic mass is 10.1. The first kappa shape index (κ1) is 17.1. The molecule has 24 heavy (non-hydrogen) atoms. The zero-order valence-electron chi connectivity index (χ0n) is 13.2. The summed E-state index contributed by atoms with van der Waals surface area (Å²) in [5.41, 5.74) is 2.05. The number of benzene rings is 2. The van der Waals surface area contributed by atoms with Gasteiger partial charge in [0, 0.05) is 17.3 Å². The van der Waals surface area contributed by atoms with Crippen LogP contribution in [-0.4, -0.2) is 34.9 Å². The standard InChI is InChI=1S/C18H18ClNO3S/c1-23-15-7-2-4-12(8-15)10-20-16(18(21)22)11-24-17(20)13-5-3-6-14(19)9-13/h2-9,16-17H,10-11H2,1H3,(H,21,22). The molecule has 126 valence electrons. The first-order chi connectivity index (χ1) is 11.6. The SMILES string of the molecule is COc1cccc(CN2C(C(=O)O)CSC2c2cccc(Cl)c2)c1. The number of ether oxygens (including phenoxy) is 1. The number of carboxylic acid groups (broad SMARTS) is 1. The van der Waals surface area contributed by atoms with Gasteiger partial charge in [0.15, 0.2) is 0 Å². The maximum Gasteiger partial charge on any atom is 0.321 e. The average molecular weight is 364 g/mol. The molecule has 2 aromatic carbocycles. The molecule has 2 atom stereocenters. The molecule has 0 bridgehead atoms. The van der Waals surface area contributed by atoms with Crippen molar-refractivity contribution in [2.24, 2.45) is 0 Å². The molecule has 0 radical (unpaired) electrons. The van der Waals surface area contributed by atoms with Crippen molar-refractivity contribution in [2.45, 2.75) is 18.0 Å². The van der Waals surface area contributed by atoms with E-state index in [0.29, 0.717) is 17.3 Å². The van der Waals surface area contributed by atoms with Crippen molar-refractivity contribution >= 4 is 29.3 Å². The lowest BCUT2D eigenvalue weighted by molar-refractivity contribution is -0.142. The lowest BCUT2D eigenvalue weighted by Gasteiger charge is -2.27. The fraction of sp³-hybridized carbons (Fsp3) is 0.278. The molecule has 0 amide bonds. The Morgan fingerprint density at radius 3 is 2.83 bits per heavy atom. The minimum Gasteiger partial charge on any atom is -0.497 e. The van der Waals surface area contributed by atoms with Crippen LogP contribution >= 0.6 is 23.4 Å². The Morgan fingerprint density at radius 2 is 2.12 bits per heavy atom. The van der Waals surface area contributed by atoms with E-state index in [1.807, 2.05) is 53.4 Å². The maximum absolute atomic E-state index is 11.7. The molecular weight excluding hydrogens is 346 g/mol. The molecule has 2 unspecified atom stereocenters. The fourth-order valence-electron chi connectivity index (χ4n) is 2.87. The second-order valence-electron chi connectivity index (χ2n) is 5.62. The first-order valence-electron chi connectivity index (χ1n) is 7.57. The Labute approximate surface area is 150 Å². The van der Waals surface area contributed by atoms with Gasteiger partial charge >= 0.3 is 5.97 Å². The molecule has 6 heteroatoms. The van der Waals surface area contributed by atoms with Crippen molar-refractivity contribution in [1.29, 1.82) is 0 Å². The Bertz CT molecular complexity index is 740. The number of nitrogens with zero attached hydrogens (tertiary/aromatic N) is 1. The number of rotatable bonds is 5. The van der Waals surface area contributed by atoms with Crippen LogP contribution in [0.25, 0.3) is 0 Å². The van der Waals surface area contributed by atoms with Crippen LogP contribution in [0.5, 0.6) is 5.75 Å². The monoisotopic (exact) mass is 363 g/mol. The normalized spacial score (nSPS) is 20.9. The van der Waals surface area contributed by atoms with Gasteiger partial charge in [-0.25, -0.2) is 0 Å². The molecule has 1 aliphatic heterocycles. The Morgan fingerprint density at radius 1 is 1.33 bits per heavy atom. The summed E-state index contributed by atoms with van der Waals surface area (Å²) in [7, 11) is 1.62. The van der Waals surface area contributed by atoms with E-state index in [1.165, 1.54) is 0 Å². The summed E-state index contributed by atoms with van der Waals surface area (Å²) in [6.45, 7) is 0.540. The van der Waals surface area contributed by atoms with Gasteiger partial charge < -0.3 is 9.84 Å². The summed E-state index contributed by atoms with van der Waals surface area (Å²) in [6, 6.07) is 14.8. The summed E-state index contributed by atoms with van der Waals surface area (Å²) in [5.74, 6) is 0.525. The second kappa shape index (κ2) is 7.47. The van der Waals surface area contributed by atoms with E-state index < -0.39 is 12.0 Å². The quantitative estimate of drug-likeness (QED) is 0.868. The van der Waals surface area contributed by atoms with Crippen molar-refractivity contribution < 1.29 is 14.6 Å². The second-order valence-corrected chi connectivity index (χ2v) is 7.17. The smallest absolute Gasteiger partial charge is 0.321 e. The number of hydrogen-bond acceptors (Lipinski definition) is 4. The zero-order valence-corrected chi connectivity index (χ0v) is 14.8. The van der Waals surface area contributed by atoms with Gasteiger partial charge in [0.1, 0.15) is 11.8 Å². The predicted molar refractivity (Wildman–Crippen MR) is 96.6 cm³/mol. The predicted octanol–water partition coefficient (Wildman–Crippen LogP) is 4.05. The van der Waals surface area contributed by atoms with E-state index in [4.69, 9.17) is 16.3 Å². The van der Waals surface area contributed by atoms with Crippen LogP contribution in [0.1, 0.15) is 16.5 Å². The largest absolute Gasteiger partial charge is 0.497 e. The number of carboxylic acids is 1. The summed E-state index contributed by atoms with van der Waals surface area (Å²) >= 11 is 7.74. The lowest BCUT2D eigenvalue weighted by Crippen LogP contribution is -2.38. The minimum atomic E-state index is -0.796. The van der Waals surface area contributed by atoms with Crippen molar-refractivity contribution in [3.05, 3.63) is 64.7 Å². The van der Waals surface area contributed by atoms with Crippen LogP contribution in [0.4, 0.5) is 0 Å². The number of halogens is 1. The highest BCUT2D eigenvalue weighted by Crippen LogP contribution is 2.42. The number of carbonyl (C=O) groups is 1. The zero-order chi connectivity index (χ0) is 17.1. The summed E-state index contributed by atoms with van der Waals surface area (Å²) in [5, 5.41) is 10.2. The highest BCUT2D eigenvalue weighted by atomic mass is 35.5. The molecule has 1 fully saturated rings. The van der Waals surface area contributed by atoms with Crippen LogP contribution in [0.2, 0.25) is 5.02 Å². The summed E-state index contributed by atoms with van der Waals surface area (Å²) < 4.78 is 5.26. The minimum absolute atomic E-state index is 0.0315. The van der Waals surface area contributed by atoms with Gasteiger partial charge in [-0.1, -0.05) is 35.9 Å². The average Bonchev–Trinajstić information content (AvgIpc) is 2.99. The third kappa shape index (κ3) is 3.69. The van der Waals surface area contributed by atoms with Gasteiger partial charge in [0.05, 0.1) is 12.5 Å². The van der Waals surface area contributed by atoms with Crippen molar-refractivity contribution in [3.8, 4) is 5.75 Å². The highest BCUT2D eigenvalue weighted by Gasteiger charge is 2.39. The summed E-state index contributed by atoms with van der Waals surface area (Å²) in [6.07, 6.45) is 0. The third-order valence-electron chi connectivity index (χ3n) is 4.03. The van der Waals surface area contributed by atoms with Gasteiger partial charge in [-0.15, -0.1) is 11.8 Å². The third-order valence-corrected chi connectivity index (χ3v) is 5.63. The molecule has 0 aliphatic carbocycles. The Balaban J connectivity index is 1.90. The van der Waals surface area contributed by atoms with E-state index >= 15 is 0 Å². The van der Waals surface area contributed by atoms with Crippen LogP contribution in [0.3, 0.4) is 0 Å². The molecule has 1 saturated heterocycles. The summed E-state index contributed by atoms with van der Waals surface area (Å²) in [4.78, 5) is 13.7. The van der Waals surface area contributed by atoms with Crippen LogP contribution in [-0.2, 0) is 11.3 Å². The van der Waals surface area contributed by atoms with E-state index in [2.05, 4.69) is 0 Å². The van der Waals surface area contributed by atoms with E-state index in [9.17, 15) is 9.90 Å². The number of methoxy groups -OCH3 is 1. The Hall–Kier alpha value is -1.69. The maximum atomic E-state index is 11.7. The van der Waals surface area contributed by atoms with Gasteiger partial charge in [-0.3, -0.25) is 9.69 Å². The molecule has 1 aliphatic rings.